The van der Waals surface area contributed by atoms with Gasteiger partial charge in [0.05, 0.1) is 6.04 Å². The number of fused-ring (bicyclic) bond motifs is 1. The highest BCUT2D eigenvalue weighted by molar-refractivity contribution is 5.48. The highest BCUT2D eigenvalue weighted by Gasteiger charge is 2.28. The van der Waals surface area contributed by atoms with Gasteiger partial charge in [0.2, 0.25) is 0 Å². The molecule has 0 spiro atoms. The van der Waals surface area contributed by atoms with Crippen LogP contribution in [0.25, 0.3) is 5.65 Å². The highest BCUT2D eigenvalue weighted by atomic mass is 15.3. The third-order valence-electron chi connectivity index (χ3n) is 3.55. The standard InChI is InChI=1S/C12H17N5/c1-2-16-8-4-5-9(16)12-15-14-11-7-3-6-10(13)17(11)12/h3,6-7,9H,2,4-5,8,13H2,1H3. The lowest BCUT2D eigenvalue weighted by Gasteiger charge is -2.21. The second-order valence-electron chi connectivity index (χ2n) is 4.49. The van der Waals surface area contributed by atoms with Crippen LogP contribution in [0.5, 0.6) is 0 Å². The molecule has 0 radical (unpaired) electrons. The van der Waals surface area contributed by atoms with Gasteiger partial charge in [0.1, 0.15) is 5.82 Å². The minimum atomic E-state index is 0.361. The summed E-state index contributed by atoms with van der Waals surface area (Å²) < 4.78 is 1.97. The van der Waals surface area contributed by atoms with Crippen LogP contribution in [0.2, 0.25) is 0 Å². The lowest BCUT2D eigenvalue weighted by Crippen LogP contribution is -2.24. The minimum absolute atomic E-state index is 0.361. The van der Waals surface area contributed by atoms with E-state index >= 15 is 0 Å². The fourth-order valence-electron chi connectivity index (χ4n) is 2.70. The van der Waals surface area contributed by atoms with Gasteiger partial charge in [-0.2, -0.15) is 0 Å². The second-order valence-corrected chi connectivity index (χ2v) is 4.49. The fraction of sp³-hybridized carbons (Fsp3) is 0.500. The molecule has 1 atom stereocenters. The first-order chi connectivity index (χ1) is 8.31. The first-order valence-corrected chi connectivity index (χ1v) is 6.15. The second kappa shape index (κ2) is 4.00. The molecule has 0 aromatic carbocycles. The number of nitrogens with two attached hydrogens (primary N) is 1. The predicted octanol–water partition coefficient (Wildman–Crippen LogP) is 1.47. The van der Waals surface area contributed by atoms with E-state index in [1.165, 1.54) is 6.42 Å². The van der Waals surface area contributed by atoms with Crippen LogP contribution in [0, 0.1) is 0 Å². The van der Waals surface area contributed by atoms with Crippen LogP contribution in [0.3, 0.4) is 0 Å². The number of hydrogen-bond donors (Lipinski definition) is 1. The Balaban J connectivity index is 2.11. The molecule has 1 saturated heterocycles. The van der Waals surface area contributed by atoms with Crippen molar-refractivity contribution in [3.63, 3.8) is 0 Å². The molecule has 17 heavy (non-hydrogen) atoms. The number of hydrogen-bond acceptors (Lipinski definition) is 4. The molecule has 1 unspecified atom stereocenters. The summed E-state index contributed by atoms with van der Waals surface area (Å²) in [5.74, 6) is 1.70. The Kier molecular flexibility index (Phi) is 2.48. The number of nitrogens with zero attached hydrogens (tertiary/aromatic N) is 4. The van der Waals surface area contributed by atoms with Crippen LogP contribution < -0.4 is 5.73 Å². The van der Waals surface area contributed by atoms with E-state index in [0.29, 0.717) is 11.9 Å². The Morgan fingerprint density at radius 3 is 3.12 bits per heavy atom. The molecule has 2 aromatic heterocycles. The van der Waals surface area contributed by atoms with Crippen molar-refractivity contribution < 1.29 is 0 Å². The lowest BCUT2D eigenvalue weighted by molar-refractivity contribution is 0.261. The summed E-state index contributed by atoms with van der Waals surface area (Å²) in [5.41, 5.74) is 6.86. The van der Waals surface area contributed by atoms with Crippen molar-refractivity contribution in [2.75, 3.05) is 18.8 Å². The van der Waals surface area contributed by atoms with Gasteiger partial charge in [-0.25, -0.2) is 0 Å². The maximum absolute atomic E-state index is 6.02. The summed E-state index contributed by atoms with van der Waals surface area (Å²) in [6, 6.07) is 6.11. The Hall–Kier alpha value is -1.62. The summed E-state index contributed by atoms with van der Waals surface area (Å²) in [6.45, 7) is 4.38. The number of aromatic nitrogens is 3. The quantitative estimate of drug-likeness (QED) is 0.850. The number of rotatable bonds is 2. The van der Waals surface area contributed by atoms with Gasteiger partial charge in [-0.05, 0) is 38.1 Å². The number of anilines is 1. The van der Waals surface area contributed by atoms with E-state index in [-0.39, 0.29) is 0 Å². The molecule has 5 nitrogen and oxygen atoms in total. The molecule has 0 aliphatic carbocycles. The molecule has 3 rings (SSSR count). The van der Waals surface area contributed by atoms with E-state index in [2.05, 4.69) is 22.0 Å². The average molecular weight is 231 g/mol. The molecule has 0 bridgehead atoms. The normalized spacial score (nSPS) is 21.4. The van der Waals surface area contributed by atoms with Crippen molar-refractivity contribution in [1.29, 1.82) is 0 Å². The van der Waals surface area contributed by atoms with Gasteiger partial charge < -0.3 is 5.73 Å². The average Bonchev–Trinajstić information content (AvgIpc) is 2.94. The number of nitrogen functional groups attached to an aromatic ring is 1. The van der Waals surface area contributed by atoms with Gasteiger partial charge >= 0.3 is 0 Å². The van der Waals surface area contributed by atoms with Gasteiger partial charge in [0.15, 0.2) is 11.5 Å². The Bertz CT molecular complexity index is 533. The van der Waals surface area contributed by atoms with E-state index in [1.807, 2.05) is 22.6 Å². The van der Waals surface area contributed by atoms with E-state index in [9.17, 15) is 0 Å². The predicted molar refractivity (Wildman–Crippen MR) is 66.6 cm³/mol. The molecule has 1 aliphatic heterocycles. The molecule has 5 heteroatoms. The highest BCUT2D eigenvalue weighted by Crippen LogP contribution is 2.31. The number of pyridine rings is 1. The number of likely N-dealkylation sites (tertiary alicyclic amines) is 1. The minimum Gasteiger partial charge on any atom is -0.385 e. The van der Waals surface area contributed by atoms with E-state index in [4.69, 9.17) is 5.73 Å². The van der Waals surface area contributed by atoms with E-state index in [1.54, 1.807) is 0 Å². The Morgan fingerprint density at radius 2 is 2.29 bits per heavy atom. The summed E-state index contributed by atoms with van der Waals surface area (Å²) >= 11 is 0. The van der Waals surface area contributed by atoms with Gasteiger partial charge in [-0.3, -0.25) is 9.30 Å². The molecule has 2 aromatic rings. The van der Waals surface area contributed by atoms with Crippen LogP contribution in [-0.2, 0) is 0 Å². The topological polar surface area (TPSA) is 59.5 Å². The molecule has 2 N–H and O–H groups in total. The van der Waals surface area contributed by atoms with Gasteiger partial charge in [-0.1, -0.05) is 13.0 Å². The SMILES string of the molecule is CCN1CCCC1c1nnc2cccc(N)n12. The summed E-state index contributed by atoms with van der Waals surface area (Å²) in [5, 5.41) is 8.53. The van der Waals surface area contributed by atoms with Crippen molar-refractivity contribution in [3.05, 3.63) is 24.0 Å². The largest absolute Gasteiger partial charge is 0.385 e. The third-order valence-corrected chi connectivity index (χ3v) is 3.55. The smallest absolute Gasteiger partial charge is 0.162 e. The van der Waals surface area contributed by atoms with Gasteiger partial charge in [0.25, 0.3) is 0 Å². The van der Waals surface area contributed by atoms with Crippen molar-refractivity contribution in [2.45, 2.75) is 25.8 Å². The van der Waals surface area contributed by atoms with Crippen molar-refractivity contribution in [3.8, 4) is 0 Å². The van der Waals surface area contributed by atoms with Crippen molar-refractivity contribution in [1.82, 2.24) is 19.5 Å². The Morgan fingerprint density at radius 1 is 1.41 bits per heavy atom. The summed E-state index contributed by atoms with van der Waals surface area (Å²) in [7, 11) is 0. The van der Waals surface area contributed by atoms with Crippen LogP contribution in [0.4, 0.5) is 5.82 Å². The van der Waals surface area contributed by atoms with E-state index in [0.717, 1.165) is 31.0 Å². The maximum atomic E-state index is 6.02. The van der Waals surface area contributed by atoms with Crippen molar-refractivity contribution in [2.24, 2.45) is 0 Å². The van der Waals surface area contributed by atoms with Crippen LogP contribution in [0.15, 0.2) is 18.2 Å². The molecular formula is C12H17N5. The fourth-order valence-corrected chi connectivity index (χ4v) is 2.70. The van der Waals surface area contributed by atoms with E-state index < -0.39 is 0 Å². The molecular weight excluding hydrogens is 214 g/mol. The summed E-state index contributed by atoms with van der Waals surface area (Å²) in [4.78, 5) is 2.43. The zero-order valence-electron chi connectivity index (χ0n) is 10.0. The molecule has 3 heterocycles. The van der Waals surface area contributed by atoms with Gasteiger partial charge in [-0.15, -0.1) is 10.2 Å². The molecule has 1 fully saturated rings. The molecule has 90 valence electrons. The summed E-state index contributed by atoms with van der Waals surface area (Å²) in [6.07, 6.45) is 2.36. The lowest BCUT2D eigenvalue weighted by atomic mass is 10.2. The van der Waals surface area contributed by atoms with Crippen LogP contribution >= 0.6 is 0 Å². The maximum Gasteiger partial charge on any atom is 0.162 e. The third kappa shape index (κ3) is 1.58. The first kappa shape index (κ1) is 10.5. The van der Waals surface area contributed by atoms with Gasteiger partial charge in [0, 0.05) is 0 Å². The van der Waals surface area contributed by atoms with Crippen LogP contribution in [-0.4, -0.2) is 32.6 Å². The van der Waals surface area contributed by atoms with Crippen molar-refractivity contribution >= 4 is 11.5 Å². The first-order valence-electron chi connectivity index (χ1n) is 6.15. The Labute approximate surface area is 100 Å². The van der Waals surface area contributed by atoms with Crippen LogP contribution in [0.1, 0.15) is 31.6 Å². The molecule has 0 amide bonds. The zero-order chi connectivity index (χ0) is 11.8. The molecule has 1 aliphatic rings. The monoisotopic (exact) mass is 231 g/mol. The molecule has 0 saturated carbocycles. The zero-order valence-corrected chi connectivity index (χ0v) is 10.0.